The number of anilines is 2. The highest BCUT2D eigenvalue weighted by Crippen LogP contribution is 2.37. The Labute approximate surface area is 226 Å². The summed E-state index contributed by atoms with van der Waals surface area (Å²) >= 11 is 1.26. The minimum atomic E-state index is -0.642. The molecular formula is C27H36N6O4S. The van der Waals surface area contributed by atoms with Gasteiger partial charge in [-0.05, 0) is 48.6 Å². The van der Waals surface area contributed by atoms with Gasteiger partial charge in [-0.15, -0.1) is 11.3 Å². The van der Waals surface area contributed by atoms with Crippen LogP contribution in [0.5, 0.6) is 0 Å². The molecule has 4 rings (SSSR count). The number of benzene rings is 1. The molecular weight excluding hydrogens is 504 g/mol. The smallest absolute Gasteiger partial charge is 0.260 e. The molecule has 2 amide bonds. The van der Waals surface area contributed by atoms with Gasteiger partial charge in [0.15, 0.2) is 0 Å². The number of nitrogens with zero attached hydrogens (tertiary/aromatic N) is 2. The normalized spacial score (nSPS) is 15.2. The SMILES string of the molecule is CCCc1cc(N2CCC(NCC(O)COCc3cccc(C(N)=O)c3)CC2)nc2sc(C(N)=O)c(N)c12. The van der Waals surface area contributed by atoms with Crippen molar-refractivity contribution in [1.82, 2.24) is 10.3 Å². The first kappa shape index (κ1) is 27.8. The van der Waals surface area contributed by atoms with E-state index in [0.717, 1.165) is 65.9 Å². The third-order valence-corrected chi connectivity index (χ3v) is 7.88. The van der Waals surface area contributed by atoms with Gasteiger partial charge >= 0.3 is 0 Å². The predicted octanol–water partition coefficient (Wildman–Crippen LogP) is 2.16. The molecule has 0 spiro atoms. The third kappa shape index (κ3) is 6.60. The lowest BCUT2D eigenvalue weighted by atomic mass is 10.0. The van der Waals surface area contributed by atoms with Crippen molar-refractivity contribution in [3.8, 4) is 0 Å². The number of pyridine rings is 1. The fourth-order valence-corrected chi connectivity index (χ4v) is 5.79. The van der Waals surface area contributed by atoms with Gasteiger partial charge in [0, 0.05) is 36.6 Å². The van der Waals surface area contributed by atoms with Crippen molar-refractivity contribution in [3.63, 3.8) is 0 Å². The molecule has 0 bridgehead atoms. The number of ether oxygens (including phenoxy) is 1. The second-order valence-electron chi connectivity index (χ2n) is 9.68. The predicted molar refractivity (Wildman–Crippen MR) is 150 cm³/mol. The Morgan fingerprint density at radius 3 is 2.68 bits per heavy atom. The van der Waals surface area contributed by atoms with E-state index in [4.69, 9.17) is 26.9 Å². The van der Waals surface area contributed by atoms with Crippen LogP contribution in [0.25, 0.3) is 10.2 Å². The number of thiophene rings is 1. The Hall–Kier alpha value is -3.25. The Bertz CT molecular complexity index is 1290. The van der Waals surface area contributed by atoms with Crippen LogP contribution in [-0.2, 0) is 17.8 Å². The molecule has 10 nitrogen and oxygen atoms in total. The molecule has 3 aromatic rings. The number of aliphatic hydroxyl groups excluding tert-OH is 1. The molecule has 1 fully saturated rings. The summed E-state index contributed by atoms with van der Waals surface area (Å²) < 4.78 is 5.63. The maximum absolute atomic E-state index is 11.8. The molecule has 0 radical (unpaired) electrons. The van der Waals surface area contributed by atoms with Gasteiger partial charge < -0.3 is 37.3 Å². The van der Waals surface area contributed by atoms with Gasteiger partial charge in [-0.1, -0.05) is 25.5 Å². The van der Waals surface area contributed by atoms with Crippen LogP contribution in [0.15, 0.2) is 30.3 Å². The van der Waals surface area contributed by atoms with Crippen LogP contribution >= 0.6 is 11.3 Å². The van der Waals surface area contributed by atoms with Crippen molar-refractivity contribution >= 4 is 44.9 Å². The summed E-state index contributed by atoms with van der Waals surface area (Å²) in [4.78, 5) is 31.3. The van der Waals surface area contributed by atoms with E-state index in [0.29, 0.717) is 29.3 Å². The Morgan fingerprint density at radius 1 is 1.24 bits per heavy atom. The summed E-state index contributed by atoms with van der Waals surface area (Å²) in [5, 5.41) is 14.6. The van der Waals surface area contributed by atoms with Crippen LogP contribution in [0.4, 0.5) is 11.5 Å². The molecule has 0 saturated carbocycles. The first-order valence-corrected chi connectivity index (χ1v) is 13.7. The topological polar surface area (TPSA) is 170 Å². The maximum Gasteiger partial charge on any atom is 0.260 e. The molecule has 1 atom stereocenters. The summed E-state index contributed by atoms with van der Waals surface area (Å²) in [7, 11) is 0. The van der Waals surface area contributed by atoms with Gasteiger partial charge in [0.2, 0.25) is 5.91 Å². The number of aliphatic hydroxyl groups is 1. The molecule has 8 N–H and O–H groups in total. The molecule has 38 heavy (non-hydrogen) atoms. The zero-order valence-corrected chi connectivity index (χ0v) is 22.4. The average Bonchev–Trinajstić information content (AvgIpc) is 3.25. The summed E-state index contributed by atoms with van der Waals surface area (Å²) in [6, 6.07) is 9.34. The van der Waals surface area contributed by atoms with E-state index in [9.17, 15) is 14.7 Å². The number of rotatable bonds is 12. The molecule has 2 aromatic heterocycles. The fourth-order valence-electron chi connectivity index (χ4n) is 4.80. The van der Waals surface area contributed by atoms with Crippen molar-refractivity contribution in [3.05, 3.63) is 51.9 Å². The van der Waals surface area contributed by atoms with E-state index in [-0.39, 0.29) is 12.6 Å². The zero-order valence-electron chi connectivity index (χ0n) is 21.6. The van der Waals surface area contributed by atoms with E-state index < -0.39 is 17.9 Å². The molecule has 1 unspecified atom stereocenters. The molecule has 204 valence electrons. The van der Waals surface area contributed by atoms with Gasteiger partial charge in [-0.3, -0.25) is 9.59 Å². The van der Waals surface area contributed by atoms with Crippen LogP contribution < -0.4 is 27.4 Å². The summed E-state index contributed by atoms with van der Waals surface area (Å²) in [6.45, 7) is 4.68. The first-order chi connectivity index (χ1) is 18.3. The maximum atomic E-state index is 11.8. The number of fused-ring (bicyclic) bond motifs is 1. The monoisotopic (exact) mass is 540 g/mol. The molecule has 1 aliphatic rings. The summed E-state index contributed by atoms with van der Waals surface area (Å²) in [5.74, 6) is -0.106. The number of amides is 2. The summed E-state index contributed by atoms with van der Waals surface area (Å²) in [5.41, 5.74) is 19.9. The van der Waals surface area contributed by atoms with E-state index >= 15 is 0 Å². The van der Waals surface area contributed by atoms with Crippen LogP contribution in [0.2, 0.25) is 0 Å². The quantitative estimate of drug-likeness (QED) is 0.233. The van der Waals surface area contributed by atoms with Gasteiger partial charge in [-0.25, -0.2) is 4.98 Å². The van der Waals surface area contributed by atoms with Gasteiger partial charge in [0.25, 0.3) is 5.91 Å². The van der Waals surface area contributed by atoms with Crippen LogP contribution in [0.1, 0.15) is 57.3 Å². The molecule has 11 heteroatoms. The number of hydrogen-bond acceptors (Lipinski definition) is 9. The van der Waals surface area contributed by atoms with Crippen LogP contribution in [0.3, 0.4) is 0 Å². The fraction of sp³-hybridized carbons (Fsp3) is 0.444. The number of nitrogens with two attached hydrogens (primary N) is 3. The highest BCUT2D eigenvalue weighted by molar-refractivity contribution is 7.21. The highest BCUT2D eigenvalue weighted by atomic mass is 32.1. The Morgan fingerprint density at radius 2 is 2.00 bits per heavy atom. The van der Waals surface area contributed by atoms with E-state index in [1.807, 2.05) is 6.07 Å². The van der Waals surface area contributed by atoms with Crippen LogP contribution in [0, 0.1) is 0 Å². The second-order valence-corrected chi connectivity index (χ2v) is 10.7. The average molecular weight is 541 g/mol. The lowest BCUT2D eigenvalue weighted by molar-refractivity contribution is 0.0272. The van der Waals surface area contributed by atoms with Gasteiger partial charge in [-0.2, -0.15) is 0 Å². The van der Waals surface area contributed by atoms with Gasteiger partial charge in [0.1, 0.15) is 15.5 Å². The van der Waals surface area contributed by atoms with E-state index in [1.54, 1.807) is 18.2 Å². The lowest BCUT2D eigenvalue weighted by Crippen LogP contribution is -2.45. The number of carbonyl (C=O) groups is 2. The minimum Gasteiger partial charge on any atom is -0.397 e. The largest absolute Gasteiger partial charge is 0.397 e. The molecule has 3 heterocycles. The van der Waals surface area contributed by atoms with Crippen LogP contribution in [-0.4, -0.2) is 60.3 Å². The number of carbonyl (C=O) groups excluding carboxylic acids is 2. The number of nitrogens with one attached hydrogen (secondary N) is 1. The molecule has 1 aliphatic heterocycles. The molecule has 1 saturated heterocycles. The number of aryl methyl sites for hydroxylation is 1. The van der Waals surface area contributed by atoms with Crippen molar-refractivity contribution in [2.24, 2.45) is 11.5 Å². The Kier molecular flexibility index (Phi) is 9.16. The molecule has 1 aromatic carbocycles. The zero-order chi connectivity index (χ0) is 27.2. The number of piperidine rings is 1. The summed E-state index contributed by atoms with van der Waals surface area (Å²) in [6.07, 6.45) is 2.99. The number of nitrogen functional groups attached to an aromatic ring is 1. The van der Waals surface area contributed by atoms with E-state index in [1.165, 1.54) is 11.3 Å². The number of aromatic nitrogens is 1. The Balaban J connectivity index is 1.27. The number of hydrogen-bond donors (Lipinski definition) is 5. The number of primary amides is 2. The van der Waals surface area contributed by atoms with Crippen molar-refractivity contribution in [2.45, 2.75) is 51.4 Å². The first-order valence-electron chi connectivity index (χ1n) is 12.9. The van der Waals surface area contributed by atoms with Crippen molar-refractivity contribution < 1.29 is 19.4 Å². The lowest BCUT2D eigenvalue weighted by Gasteiger charge is -2.34. The standard InChI is InChI=1S/C27H36N6O4S/c1-2-4-17-12-21(32-27-22(17)23(28)24(38-27)26(30)36)33-9-7-19(8-10-33)31-13-20(34)15-37-14-16-5-3-6-18(11-16)25(29)35/h3,5-6,11-12,19-20,31,34H,2,4,7-10,13-15,28H2,1H3,(H2,29,35)(H2,30,36). The van der Waals surface area contributed by atoms with Crippen molar-refractivity contribution in [1.29, 1.82) is 0 Å². The van der Waals surface area contributed by atoms with E-state index in [2.05, 4.69) is 23.2 Å². The molecule has 0 aliphatic carbocycles. The van der Waals surface area contributed by atoms with Crippen molar-refractivity contribution in [2.75, 3.05) is 36.9 Å². The third-order valence-electron chi connectivity index (χ3n) is 6.76. The van der Waals surface area contributed by atoms with Gasteiger partial charge in [0.05, 0.1) is 25.0 Å². The highest BCUT2D eigenvalue weighted by Gasteiger charge is 2.24. The second kappa shape index (κ2) is 12.5. The minimum absolute atomic E-state index is 0.189.